The number of nitrogens with zero attached hydrogens (tertiary/aromatic N) is 3. The number of ether oxygens (including phenoxy) is 1. The topological polar surface area (TPSA) is 88.8 Å². The fourth-order valence-corrected chi connectivity index (χ4v) is 2.88. The van der Waals surface area contributed by atoms with Crippen LogP contribution in [-0.4, -0.2) is 52.1 Å². The molecule has 25 heavy (non-hydrogen) atoms. The molecule has 2 N–H and O–H groups in total. The molecule has 0 aromatic carbocycles. The summed E-state index contributed by atoms with van der Waals surface area (Å²) in [6.45, 7) is 7.91. The van der Waals surface area contributed by atoms with E-state index in [1.807, 2.05) is 32.9 Å². The predicted molar refractivity (Wildman–Crippen MR) is 94.8 cm³/mol. The number of pyridine rings is 1. The normalized spacial score (nSPS) is 15.7. The lowest BCUT2D eigenvalue weighted by atomic mass is 9.96. The van der Waals surface area contributed by atoms with Crippen LogP contribution in [0.1, 0.15) is 39.2 Å². The predicted octanol–water partition coefficient (Wildman–Crippen LogP) is 2.61. The second-order valence-electron chi connectivity index (χ2n) is 7.49. The molecule has 0 radical (unpaired) electrons. The van der Waals surface area contributed by atoms with Crippen molar-refractivity contribution in [1.82, 2.24) is 14.8 Å². The van der Waals surface area contributed by atoms with Gasteiger partial charge in [-0.1, -0.05) is 6.07 Å². The third-order valence-corrected chi connectivity index (χ3v) is 4.15. The van der Waals surface area contributed by atoms with Gasteiger partial charge in [0.25, 0.3) is 0 Å². The molecule has 1 aliphatic rings. The zero-order valence-electron chi connectivity index (χ0n) is 15.3. The van der Waals surface area contributed by atoms with E-state index in [9.17, 15) is 9.59 Å². The number of hydrogen-bond acceptors (Lipinski definition) is 4. The van der Waals surface area contributed by atoms with Crippen molar-refractivity contribution in [2.24, 2.45) is 11.7 Å². The lowest BCUT2D eigenvalue weighted by Gasteiger charge is -2.35. The van der Waals surface area contributed by atoms with Gasteiger partial charge in [-0.2, -0.15) is 0 Å². The maximum absolute atomic E-state index is 12.1. The van der Waals surface area contributed by atoms with Crippen LogP contribution in [0, 0.1) is 5.92 Å². The van der Waals surface area contributed by atoms with Crippen molar-refractivity contribution < 1.29 is 14.3 Å². The summed E-state index contributed by atoms with van der Waals surface area (Å²) in [6, 6.07) is 3.33. The molecule has 138 valence electrons. The van der Waals surface area contributed by atoms with Crippen molar-refractivity contribution in [1.29, 1.82) is 0 Å². The van der Waals surface area contributed by atoms with E-state index in [4.69, 9.17) is 10.5 Å². The molecule has 0 atom stereocenters. The second kappa shape index (κ2) is 8.18. The smallest absolute Gasteiger partial charge is 0.410 e. The second-order valence-corrected chi connectivity index (χ2v) is 7.49. The number of likely N-dealkylation sites (tertiary alicyclic amines) is 1. The molecule has 0 bridgehead atoms. The molecule has 2 rings (SSSR count). The molecule has 7 heteroatoms. The quantitative estimate of drug-likeness (QED) is 0.906. The van der Waals surface area contributed by atoms with Crippen LogP contribution in [0.25, 0.3) is 0 Å². The van der Waals surface area contributed by atoms with Crippen LogP contribution in [0.3, 0.4) is 0 Å². The lowest BCUT2D eigenvalue weighted by Crippen LogP contribution is -2.45. The Balaban J connectivity index is 1.85. The number of amides is 3. The van der Waals surface area contributed by atoms with Crippen LogP contribution < -0.4 is 5.73 Å². The van der Waals surface area contributed by atoms with Crippen LogP contribution in [0.4, 0.5) is 9.59 Å². The largest absolute Gasteiger partial charge is 0.444 e. The highest BCUT2D eigenvalue weighted by Gasteiger charge is 2.28. The summed E-state index contributed by atoms with van der Waals surface area (Å²) in [5, 5.41) is 0. The van der Waals surface area contributed by atoms with E-state index in [0.29, 0.717) is 32.1 Å². The van der Waals surface area contributed by atoms with Gasteiger partial charge in [-0.15, -0.1) is 0 Å². The van der Waals surface area contributed by atoms with Crippen molar-refractivity contribution in [2.45, 2.75) is 45.8 Å². The Kier molecular flexibility index (Phi) is 6.22. The molecular formula is C18H28N4O3. The summed E-state index contributed by atoms with van der Waals surface area (Å²) in [5.74, 6) is 0.322. The summed E-state index contributed by atoms with van der Waals surface area (Å²) >= 11 is 0. The molecule has 0 spiro atoms. The van der Waals surface area contributed by atoms with Crippen molar-refractivity contribution in [2.75, 3.05) is 19.6 Å². The minimum Gasteiger partial charge on any atom is -0.444 e. The van der Waals surface area contributed by atoms with Crippen LogP contribution in [0.5, 0.6) is 0 Å². The first-order chi connectivity index (χ1) is 11.7. The summed E-state index contributed by atoms with van der Waals surface area (Å²) in [5.41, 5.74) is 5.99. The molecule has 1 aromatic heterocycles. The van der Waals surface area contributed by atoms with E-state index in [2.05, 4.69) is 4.98 Å². The maximum Gasteiger partial charge on any atom is 0.410 e. The number of hydrogen-bond donors (Lipinski definition) is 1. The van der Waals surface area contributed by atoms with E-state index < -0.39 is 11.6 Å². The molecule has 1 aliphatic heterocycles. The molecular weight excluding hydrogens is 320 g/mol. The third kappa shape index (κ3) is 6.25. The Hall–Kier alpha value is -2.31. The summed E-state index contributed by atoms with van der Waals surface area (Å²) in [6.07, 6.45) is 4.82. The maximum atomic E-state index is 12.1. The van der Waals surface area contributed by atoms with Gasteiger partial charge in [-0.3, -0.25) is 4.98 Å². The summed E-state index contributed by atoms with van der Waals surface area (Å²) < 4.78 is 5.41. The number of aromatic nitrogens is 1. The average Bonchev–Trinajstić information content (AvgIpc) is 2.54. The van der Waals surface area contributed by atoms with Crippen LogP contribution in [0.2, 0.25) is 0 Å². The van der Waals surface area contributed by atoms with Gasteiger partial charge in [0, 0.05) is 38.6 Å². The number of nitrogens with two attached hydrogens (primary N) is 1. The average molecular weight is 348 g/mol. The molecule has 0 aliphatic carbocycles. The Labute approximate surface area is 149 Å². The van der Waals surface area contributed by atoms with Crippen molar-refractivity contribution >= 4 is 12.1 Å². The van der Waals surface area contributed by atoms with Crippen LogP contribution in [0.15, 0.2) is 24.5 Å². The molecule has 1 fully saturated rings. The highest BCUT2D eigenvalue weighted by Crippen LogP contribution is 2.21. The van der Waals surface area contributed by atoms with Gasteiger partial charge in [0.05, 0.1) is 0 Å². The van der Waals surface area contributed by atoms with Gasteiger partial charge in [0.15, 0.2) is 0 Å². The van der Waals surface area contributed by atoms with Gasteiger partial charge in [-0.05, 0) is 51.2 Å². The molecule has 1 aromatic rings. The highest BCUT2D eigenvalue weighted by molar-refractivity contribution is 5.72. The van der Waals surface area contributed by atoms with E-state index in [1.165, 1.54) is 0 Å². The lowest BCUT2D eigenvalue weighted by molar-refractivity contribution is 0.0173. The standard InChI is InChI=1S/C18H28N4O3/c1-18(2,3)25-17(24)21-9-6-14(7-10-21)12-22(16(19)23)13-15-5-4-8-20-11-15/h4-5,8,11,14H,6-7,9-10,12-13H2,1-3H3,(H2,19,23). The third-order valence-electron chi connectivity index (χ3n) is 4.15. The van der Waals surface area contributed by atoms with E-state index in [0.717, 1.165) is 18.4 Å². The fourth-order valence-electron chi connectivity index (χ4n) is 2.88. The number of rotatable bonds is 4. The van der Waals surface area contributed by atoms with Gasteiger partial charge >= 0.3 is 12.1 Å². The number of urea groups is 1. The van der Waals surface area contributed by atoms with E-state index in [-0.39, 0.29) is 6.09 Å². The zero-order valence-corrected chi connectivity index (χ0v) is 15.3. The number of piperidine rings is 1. The fraction of sp³-hybridized carbons (Fsp3) is 0.611. The molecule has 0 unspecified atom stereocenters. The Morgan fingerprint density at radius 1 is 1.36 bits per heavy atom. The van der Waals surface area contributed by atoms with E-state index >= 15 is 0 Å². The molecule has 2 heterocycles. The number of carbonyl (C=O) groups excluding carboxylic acids is 2. The number of carbonyl (C=O) groups is 2. The first-order valence-corrected chi connectivity index (χ1v) is 8.66. The van der Waals surface area contributed by atoms with E-state index in [1.54, 1.807) is 22.2 Å². The Morgan fingerprint density at radius 3 is 2.56 bits per heavy atom. The van der Waals surface area contributed by atoms with Crippen molar-refractivity contribution in [3.63, 3.8) is 0 Å². The highest BCUT2D eigenvalue weighted by atomic mass is 16.6. The van der Waals surface area contributed by atoms with Crippen molar-refractivity contribution in [3.8, 4) is 0 Å². The van der Waals surface area contributed by atoms with Gasteiger partial charge in [0.1, 0.15) is 5.60 Å². The minimum absolute atomic E-state index is 0.270. The van der Waals surface area contributed by atoms with Gasteiger partial charge < -0.3 is 20.3 Å². The monoisotopic (exact) mass is 348 g/mol. The molecule has 1 saturated heterocycles. The zero-order chi connectivity index (χ0) is 18.4. The first-order valence-electron chi connectivity index (χ1n) is 8.66. The Morgan fingerprint density at radius 2 is 2.04 bits per heavy atom. The number of primary amides is 1. The summed E-state index contributed by atoms with van der Waals surface area (Å²) in [4.78, 5) is 31.3. The summed E-state index contributed by atoms with van der Waals surface area (Å²) in [7, 11) is 0. The van der Waals surface area contributed by atoms with Crippen LogP contribution >= 0.6 is 0 Å². The van der Waals surface area contributed by atoms with Gasteiger partial charge in [0.2, 0.25) is 0 Å². The molecule has 0 saturated carbocycles. The van der Waals surface area contributed by atoms with Gasteiger partial charge in [-0.25, -0.2) is 9.59 Å². The Bertz CT molecular complexity index is 578. The first kappa shape index (κ1) is 19.0. The van der Waals surface area contributed by atoms with Crippen molar-refractivity contribution in [3.05, 3.63) is 30.1 Å². The minimum atomic E-state index is -0.486. The molecule has 7 nitrogen and oxygen atoms in total. The molecule has 3 amide bonds. The SMILES string of the molecule is CC(C)(C)OC(=O)N1CCC(CN(Cc2cccnc2)C(N)=O)CC1. The van der Waals surface area contributed by atoms with Crippen LogP contribution in [-0.2, 0) is 11.3 Å².